The Morgan fingerprint density at radius 3 is 0.663 bits per heavy atom. The van der Waals surface area contributed by atoms with Crippen LogP contribution in [0, 0.1) is 0 Å². The van der Waals surface area contributed by atoms with Gasteiger partial charge in [-0.25, -0.2) is 0 Å². The average Bonchev–Trinajstić information content (AvgIpc) is 1.53. The first-order valence-electron chi connectivity index (χ1n) is 35.9. The monoisotopic (exact) mass is 1200 g/mol. The summed E-state index contributed by atoms with van der Waals surface area (Å²) in [5.41, 5.74) is 13.8. The van der Waals surface area contributed by atoms with Crippen LogP contribution in [0.5, 0.6) is 11.5 Å². The second kappa shape index (κ2) is 27.4. The highest BCUT2D eigenvalue weighted by Gasteiger charge is 2.39. The molecule has 0 amide bonds. The SMILES string of the molecule is CCCCCCCCCCCCOc1cc(CC2c3c(c4ccccc4c4ccccc34)-c3c2c2ccccc2c2ccccc32)c(OCCCCCCCCCCCC)cc1CC1c2c(c3ccccc3c3ccccc23)-c2c1c1ccccc1c1ccccc21. The molecule has 0 aliphatic heterocycles. The highest BCUT2D eigenvalue weighted by Crippen LogP contribution is 2.60. The van der Waals surface area contributed by atoms with E-state index in [0.29, 0.717) is 13.2 Å². The molecule has 0 fully saturated rings. The maximum Gasteiger partial charge on any atom is 0.123 e. The minimum absolute atomic E-state index is 0.0391. The predicted octanol–water partition coefficient (Wildman–Crippen LogP) is 26.2. The Labute approximate surface area is 546 Å². The molecule has 2 aliphatic rings. The minimum atomic E-state index is 0.0391. The third-order valence-electron chi connectivity index (χ3n) is 21.4. The van der Waals surface area contributed by atoms with Gasteiger partial charge < -0.3 is 9.47 Å². The highest BCUT2D eigenvalue weighted by molar-refractivity contribution is 6.27. The number of benzene rings is 13. The first-order valence-corrected chi connectivity index (χ1v) is 35.9. The lowest BCUT2D eigenvalue weighted by atomic mass is 9.82. The molecule has 0 spiro atoms. The van der Waals surface area contributed by atoms with Gasteiger partial charge in [-0.05, 0) is 180 Å². The fourth-order valence-corrected chi connectivity index (χ4v) is 17.1. The van der Waals surface area contributed by atoms with E-state index in [1.165, 1.54) is 257 Å². The molecule has 0 radical (unpaired) electrons. The normalized spacial score (nSPS) is 13.0. The van der Waals surface area contributed by atoms with Crippen LogP contribution in [0.4, 0.5) is 0 Å². The van der Waals surface area contributed by atoms with Crippen molar-refractivity contribution in [2.24, 2.45) is 0 Å². The summed E-state index contributed by atoms with van der Waals surface area (Å²) in [6, 6.07) is 78.9. The lowest BCUT2D eigenvalue weighted by Crippen LogP contribution is -2.11. The molecule has 2 nitrogen and oxygen atoms in total. The zero-order chi connectivity index (χ0) is 61.7. The number of ether oxygens (including phenoxy) is 2. The molecule has 0 N–H and O–H groups in total. The highest BCUT2D eigenvalue weighted by atomic mass is 16.5. The van der Waals surface area contributed by atoms with E-state index in [9.17, 15) is 0 Å². The van der Waals surface area contributed by atoms with Gasteiger partial charge in [-0.15, -0.1) is 0 Å². The molecule has 0 saturated carbocycles. The molecule has 92 heavy (non-hydrogen) atoms. The zero-order valence-corrected chi connectivity index (χ0v) is 54.6. The Balaban J connectivity index is 0.899. The molecule has 2 heteroatoms. The van der Waals surface area contributed by atoms with Crippen molar-refractivity contribution in [2.45, 2.75) is 167 Å². The fraction of sp³-hybridized carbons (Fsp3) is 0.311. The molecule has 13 aromatic carbocycles. The maximum atomic E-state index is 7.52. The second-order valence-corrected chi connectivity index (χ2v) is 27.2. The molecule has 13 aromatic rings. The van der Waals surface area contributed by atoms with Gasteiger partial charge in [-0.1, -0.05) is 324 Å². The van der Waals surface area contributed by atoms with Crippen LogP contribution in [0.3, 0.4) is 0 Å². The van der Waals surface area contributed by atoms with E-state index in [2.05, 4.69) is 220 Å². The van der Waals surface area contributed by atoms with Crippen molar-refractivity contribution in [1.82, 2.24) is 0 Å². The first kappa shape index (κ1) is 59.8. The summed E-state index contributed by atoms with van der Waals surface area (Å²) >= 11 is 0. The van der Waals surface area contributed by atoms with Crippen LogP contribution in [0.25, 0.3) is 108 Å². The summed E-state index contributed by atoms with van der Waals surface area (Å²) < 4.78 is 15.0. The molecule has 15 rings (SSSR count). The van der Waals surface area contributed by atoms with Crippen LogP contribution in [0.15, 0.2) is 206 Å². The van der Waals surface area contributed by atoms with E-state index in [1.807, 2.05) is 0 Å². The molecule has 0 aromatic heterocycles. The van der Waals surface area contributed by atoms with E-state index in [4.69, 9.17) is 9.47 Å². The van der Waals surface area contributed by atoms with Crippen molar-refractivity contribution in [3.63, 3.8) is 0 Å². The quantitative estimate of drug-likeness (QED) is 0.0359. The van der Waals surface area contributed by atoms with Crippen LogP contribution in [-0.4, -0.2) is 13.2 Å². The van der Waals surface area contributed by atoms with E-state index in [1.54, 1.807) is 0 Å². The molecular weight excluding hydrogens is 1110 g/mol. The fourth-order valence-electron chi connectivity index (χ4n) is 17.1. The number of unbranched alkanes of at least 4 members (excludes halogenated alkanes) is 18. The van der Waals surface area contributed by atoms with Crippen LogP contribution >= 0.6 is 0 Å². The number of fused-ring (bicyclic) bond motifs is 26. The summed E-state index contributed by atoms with van der Waals surface area (Å²) in [4.78, 5) is 0. The van der Waals surface area contributed by atoms with E-state index in [-0.39, 0.29) is 11.8 Å². The van der Waals surface area contributed by atoms with E-state index < -0.39 is 0 Å². The number of rotatable bonds is 28. The van der Waals surface area contributed by atoms with Crippen LogP contribution in [-0.2, 0) is 12.8 Å². The van der Waals surface area contributed by atoms with Crippen molar-refractivity contribution in [3.05, 3.63) is 240 Å². The van der Waals surface area contributed by atoms with Crippen LogP contribution in [0.1, 0.15) is 187 Å². The Morgan fingerprint density at radius 2 is 0.424 bits per heavy atom. The standard InChI is InChI=1S/C90H90O2/c1-3-5-7-9-11-13-15-17-19-37-55-91-81-59-62(58-80-85-73-49-31-23-41-65(73)69-45-27-35-53-77(69)89(85)90-78-54-36-28-46-70(78)66-42-24-32-50-74(66)86(80)90)82(92-56-38-20-18-16-14-12-10-8-6-4-2)60-61(81)57-79-83-71-47-29-21-39-63(71)67-43-25-33-51-75(67)87(83)88-76-52-34-26-44-68(76)64-40-22-30-48-72(64)84(79)88/h21-36,39-54,59-60,79-80H,3-20,37-38,55-58H2,1-2H3. The van der Waals surface area contributed by atoms with Crippen molar-refractivity contribution in [2.75, 3.05) is 13.2 Å². The van der Waals surface area contributed by atoms with Gasteiger partial charge in [0, 0.05) is 11.8 Å². The van der Waals surface area contributed by atoms with Crippen molar-refractivity contribution in [1.29, 1.82) is 0 Å². The average molecular weight is 1200 g/mol. The lowest BCUT2D eigenvalue weighted by Gasteiger charge is -2.24. The molecule has 0 unspecified atom stereocenters. The van der Waals surface area contributed by atoms with Crippen molar-refractivity contribution in [3.8, 4) is 33.8 Å². The third kappa shape index (κ3) is 11.2. The first-order chi connectivity index (χ1) is 45.7. The van der Waals surface area contributed by atoms with E-state index >= 15 is 0 Å². The molecule has 0 heterocycles. The molecule has 0 bridgehead atoms. The lowest BCUT2D eigenvalue weighted by molar-refractivity contribution is 0.291. The Morgan fingerprint density at radius 1 is 0.228 bits per heavy atom. The van der Waals surface area contributed by atoms with Crippen molar-refractivity contribution < 1.29 is 9.47 Å². The third-order valence-corrected chi connectivity index (χ3v) is 21.4. The van der Waals surface area contributed by atoms with Gasteiger partial charge >= 0.3 is 0 Å². The van der Waals surface area contributed by atoms with Crippen LogP contribution < -0.4 is 9.47 Å². The minimum Gasteiger partial charge on any atom is -0.493 e. The van der Waals surface area contributed by atoms with Gasteiger partial charge in [0.25, 0.3) is 0 Å². The number of hydrogen-bond acceptors (Lipinski definition) is 2. The largest absolute Gasteiger partial charge is 0.493 e. The van der Waals surface area contributed by atoms with Gasteiger partial charge in [-0.2, -0.15) is 0 Å². The summed E-state index contributed by atoms with van der Waals surface area (Å²) in [6.45, 7) is 5.99. The maximum absolute atomic E-state index is 7.52. The van der Waals surface area contributed by atoms with E-state index in [0.717, 1.165) is 37.2 Å². The molecular formula is C90H90O2. The van der Waals surface area contributed by atoms with Gasteiger partial charge in [0.05, 0.1) is 13.2 Å². The van der Waals surface area contributed by atoms with Gasteiger partial charge in [0.2, 0.25) is 0 Å². The Bertz CT molecular complexity index is 4280. The zero-order valence-electron chi connectivity index (χ0n) is 54.6. The Kier molecular flexibility index (Phi) is 17.8. The summed E-state index contributed by atoms with van der Waals surface area (Å²) in [5, 5.41) is 21.2. The Hall–Kier alpha value is -8.46. The number of hydrogen-bond donors (Lipinski definition) is 0. The summed E-state index contributed by atoms with van der Waals surface area (Å²) in [7, 11) is 0. The van der Waals surface area contributed by atoms with Gasteiger partial charge in [0.15, 0.2) is 0 Å². The van der Waals surface area contributed by atoms with Gasteiger partial charge in [0.1, 0.15) is 11.5 Å². The molecule has 2 aliphatic carbocycles. The predicted molar refractivity (Wildman–Crippen MR) is 396 cm³/mol. The molecule has 0 saturated heterocycles. The summed E-state index contributed by atoms with van der Waals surface area (Å²) in [6.07, 6.45) is 27.3. The van der Waals surface area contributed by atoms with Crippen molar-refractivity contribution >= 4 is 86.2 Å². The summed E-state index contributed by atoms with van der Waals surface area (Å²) in [5.74, 6) is 2.10. The second-order valence-electron chi connectivity index (χ2n) is 27.2. The molecule has 462 valence electrons. The topological polar surface area (TPSA) is 18.5 Å². The smallest absolute Gasteiger partial charge is 0.123 e. The molecule has 0 atom stereocenters. The van der Waals surface area contributed by atoms with Crippen LogP contribution in [0.2, 0.25) is 0 Å². The van der Waals surface area contributed by atoms with Gasteiger partial charge in [-0.3, -0.25) is 0 Å².